The summed E-state index contributed by atoms with van der Waals surface area (Å²) in [6.07, 6.45) is 8.11. The van der Waals surface area contributed by atoms with Crippen LogP contribution in [-0.4, -0.2) is 10.7 Å². The molecule has 0 spiro atoms. The molecule has 4 fully saturated rings. The van der Waals surface area contributed by atoms with Crippen LogP contribution in [0.3, 0.4) is 0 Å². The number of hydrogen-bond donors (Lipinski definition) is 1. The Labute approximate surface area is 112 Å². The summed E-state index contributed by atoms with van der Waals surface area (Å²) in [5, 5.41) is 10.8. The van der Waals surface area contributed by atoms with Gasteiger partial charge in [0.15, 0.2) is 0 Å². The highest BCUT2D eigenvalue weighted by Gasteiger charge is 2.64. The van der Waals surface area contributed by atoms with Crippen LogP contribution >= 0.6 is 0 Å². The summed E-state index contributed by atoms with van der Waals surface area (Å²) in [5.74, 6) is 1.77. The van der Waals surface area contributed by atoms with Gasteiger partial charge in [0.1, 0.15) is 0 Å². The minimum Gasteiger partial charge on any atom is -0.390 e. The smallest absolute Gasteiger partial charge is 0.0648 e. The van der Waals surface area contributed by atoms with Gasteiger partial charge in [-0.3, -0.25) is 0 Å². The molecule has 4 aliphatic carbocycles. The van der Waals surface area contributed by atoms with Crippen LogP contribution in [0.5, 0.6) is 0 Å². The van der Waals surface area contributed by atoms with Crippen molar-refractivity contribution in [2.45, 2.75) is 78.7 Å². The van der Waals surface area contributed by atoms with E-state index in [4.69, 9.17) is 0 Å². The first-order valence-electron chi connectivity index (χ1n) is 7.79. The molecule has 0 amide bonds. The normalized spacial score (nSPS) is 47.7. The third-order valence-electron chi connectivity index (χ3n) is 6.95. The van der Waals surface area contributed by atoms with Gasteiger partial charge in [0, 0.05) is 0 Å². The Kier molecular flexibility index (Phi) is 2.41. The monoisotopic (exact) mass is 250 g/mol. The van der Waals surface area contributed by atoms with E-state index in [1.54, 1.807) is 0 Å². The Hall–Kier alpha value is -0.0400. The SMILES string of the molecule is CC(C)(C)C12CC3CC(C1)CC(C(C)(C)O)(C3)C2. The second kappa shape index (κ2) is 3.34. The Morgan fingerprint density at radius 3 is 1.67 bits per heavy atom. The lowest BCUT2D eigenvalue weighted by Crippen LogP contribution is -2.62. The fourth-order valence-corrected chi connectivity index (χ4v) is 5.86. The summed E-state index contributed by atoms with van der Waals surface area (Å²) in [7, 11) is 0. The van der Waals surface area contributed by atoms with Gasteiger partial charge in [-0.05, 0) is 80.5 Å². The molecule has 2 atom stereocenters. The molecule has 0 aromatic heterocycles. The van der Waals surface area contributed by atoms with Crippen molar-refractivity contribution in [2.24, 2.45) is 28.1 Å². The van der Waals surface area contributed by atoms with Gasteiger partial charge in [-0.2, -0.15) is 0 Å². The highest BCUT2D eigenvalue weighted by Crippen LogP contribution is 2.72. The maximum Gasteiger partial charge on any atom is 0.0648 e. The van der Waals surface area contributed by atoms with E-state index in [9.17, 15) is 5.11 Å². The lowest BCUT2D eigenvalue weighted by Gasteiger charge is -2.68. The van der Waals surface area contributed by atoms with E-state index >= 15 is 0 Å². The summed E-state index contributed by atoms with van der Waals surface area (Å²) < 4.78 is 0. The summed E-state index contributed by atoms with van der Waals surface area (Å²) in [5.41, 5.74) is 0.601. The van der Waals surface area contributed by atoms with E-state index in [1.165, 1.54) is 38.5 Å². The second-order valence-corrected chi connectivity index (χ2v) is 9.33. The van der Waals surface area contributed by atoms with Crippen molar-refractivity contribution in [2.75, 3.05) is 0 Å². The number of hydrogen-bond acceptors (Lipinski definition) is 1. The molecular formula is C17H30O. The zero-order valence-corrected chi connectivity index (χ0v) is 12.8. The second-order valence-electron chi connectivity index (χ2n) is 9.33. The Balaban J connectivity index is 2.03. The van der Waals surface area contributed by atoms with Crippen LogP contribution in [-0.2, 0) is 0 Å². The third-order valence-corrected chi connectivity index (χ3v) is 6.95. The zero-order chi connectivity index (χ0) is 13.4. The van der Waals surface area contributed by atoms with Crippen LogP contribution in [0.4, 0.5) is 0 Å². The molecular weight excluding hydrogens is 220 g/mol. The summed E-state index contributed by atoms with van der Waals surface area (Å²) in [6.45, 7) is 11.4. The van der Waals surface area contributed by atoms with E-state index in [1.807, 2.05) is 0 Å². The van der Waals surface area contributed by atoms with Crippen molar-refractivity contribution >= 4 is 0 Å². The van der Waals surface area contributed by atoms with Gasteiger partial charge in [-0.15, -0.1) is 0 Å². The fourth-order valence-electron chi connectivity index (χ4n) is 5.86. The first kappa shape index (κ1) is 13.0. The quantitative estimate of drug-likeness (QED) is 0.732. The van der Waals surface area contributed by atoms with Crippen molar-refractivity contribution in [1.29, 1.82) is 0 Å². The lowest BCUT2D eigenvalue weighted by atomic mass is 9.37. The molecule has 4 saturated carbocycles. The van der Waals surface area contributed by atoms with E-state index in [2.05, 4.69) is 34.6 Å². The van der Waals surface area contributed by atoms with Gasteiger partial charge in [0.2, 0.25) is 0 Å². The summed E-state index contributed by atoms with van der Waals surface area (Å²) >= 11 is 0. The standard InChI is InChI=1S/C17H30O/c1-14(2,3)16-7-12-6-13(8-16)10-17(9-12,11-16)15(4,5)18/h12-13,18H,6-11H2,1-5H3. The van der Waals surface area contributed by atoms with E-state index in [0.29, 0.717) is 10.8 Å². The first-order valence-corrected chi connectivity index (χ1v) is 7.79. The molecule has 4 aliphatic rings. The van der Waals surface area contributed by atoms with Crippen molar-refractivity contribution in [3.63, 3.8) is 0 Å². The van der Waals surface area contributed by atoms with E-state index < -0.39 is 5.60 Å². The predicted octanol–water partition coefficient (Wildman–Crippen LogP) is 4.39. The van der Waals surface area contributed by atoms with E-state index in [0.717, 1.165) is 11.8 Å². The average Bonchev–Trinajstić information content (AvgIpc) is 2.11. The molecule has 0 radical (unpaired) electrons. The molecule has 0 heterocycles. The van der Waals surface area contributed by atoms with Crippen LogP contribution in [0, 0.1) is 28.1 Å². The van der Waals surface area contributed by atoms with Crippen molar-refractivity contribution in [3.8, 4) is 0 Å². The lowest BCUT2D eigenvalue weighted by molar-refractivity contribution is -0.217. The molecule has 4 bridgehead atoms. The Morgan fingerprint density at radius 1 is 0.833 bits per heavy atom. The van der Waals surface area contributed by atoms with Crippen molar-refractivity contribution in [1.82, 2.24) is 0 Å². The zero-order valence-electron chi connectivity index (χ0n) is 12.8. The molecule has 0 saturated heterocycles. The highest BCUT2D eigenvalue weighted by molar-refractivity contribution is 5.14. The van der Waals surface area contributed by atoms with Crippen LogP contribution in [0.25, 0.3) is 0 Å². The Morgan fingerprint density at radius 2 is 1.28 bits per heavy atom. The molecule has 0 aromatic carbocycles. The topological polar surface area (TPSA) is 20.2 Å². The highest BCUT2D eigenvalue weighted by atomic mass is 16.3. The van der Waals surface area contributed by atoms with Crippen LogP contribution in [0.15, 0.2) is 0 Å². The minimum absolute atomic E-state index is 0.213. The van der Waals surface area contributed by atoms with Crippen molar-refractivity contribution < 1.29 is 5.11 Å². The summed E-state index contributed by atoms with van der Waals surface area (Å²) in [4.78, 5) is 0. The molecule has 1 heteroatoms. The molecule has 1 N–H and O–H groups in total. The average molecular weight is 250 g/mol. The summed E-state index contributed by atoms with van der Waals surface area (Å²) in [6, 6.07) is 0. The molecule has 18 heavy (non-hydrogen) atoms. The van der Waals surface area contributed by atoms with Gasteiger partial charge in [0.25, 0.3) is 0 Å². The van der Waals surface area contributed by atoms with Crippen LogP contribution < -0.4 is 0 Å². The molecule has 2 unspecified atom stereocenters. The van der Waals surface area contributed by atoms with Gasteiger partial charge >= 0.3 is 0 Å². The molecule has 4 rings (SSSR count). The molecule has 1 nitrogen and oxygen atoms in total. The number of rotatable bonds is 1. The third kappa shape index (κ3) is 1.55. The van der Waals surface area contributed by atoms with Gasteiger partial charge < -0.3 is 5.11 Å². The number of aliphatic hydroxyl groups is 1. The van der Waals surface area contributed by atoms with Gasteiger partial charge in [0.05, 0.1) is 5.60 Å². The minimum atomic E-state index is -0.499. The van der Waals surface area contributed by atoms with Crippen LogP contribution in [0.2, 0.25) is 0 Å². The van der Waals surface area contributed by atoms with Crippen molar-refractivity contribution in [3.05, 3.63) is 0 Å². The predicted molar refractivity (Wildman–Crippen MR) is 75.3 cm³/mol. The van der Waals surface area contributed by atoms with E-state index in [-0.39, 0.29) is 5.41 Å². The van der Waals surface area contributed by atoms with Crippen LogP contribution in [0.1, 0.15) is 73.1 Å². The fraction of sp³-hybridized carbons (Fsp3) is 1.00. The van der Waals surface area contributed by atoms with Gasteiger partial charge in [-0.25, -0.2) is 0 Å². The molecule has 0 aliphatic heterocycles. The maximum atomic E-state index is 10.8. The first-order chi connectivity index (χ1) is 8.07. The molecule has 0 aromatic rings. The Bertz CT molecular complexity index is 309. The maximum absolute atomic E-state index is 10.8. The van der Waals surface area contributed by atoms with Gasteiger partial charge in [-0.1, -0.05) is 20.8 Å². The largest absolute Gasteiger partial charge is 0.390 e. The molecule has 104 valence electrons.